The third-order valence-electron chi connectivity index (χ3n) is 4.30. The highest BCUT2D eigenvalue weighted by Crippen LogP contribution is 2.33. The van der Waals surface area contributed by atoms with E-state index in [4.69, 9.17) is 11.5 Å². The highest BCUT2D eigenvalue weighted by atomic mass is 32.2. The lowest BCUT2D eigenvalue weighted by atomic mass is 9.89. The molecule has 0 saturated heterocycles. The maximum atomic E-state index is 12.8. The van der Waals surface area contributed by atoms with Gasteiger partial charge in [-0.2, -0.15) is 0 Å². The summed E-state index contributed by atoms with van der Waals surface area (Å²) in [6.45, 7) is 5.30. The fraction of sp³-hybridized carbons (Fsp3) is 0.368. The number of rotatable bonds is 5. The van der Waals surface area contributed by atoms with E-state index >= 15 is 0 Å². The Labute approximate surface area is 144 Å². The third-order valence-corrected chi connectivity index (χ3v) is 6.92. The van der Waals surface area contributed by atoms with Crippen molar-refractivity contribution in [3.63, 3.8) is 0 Å². The molecule has 1 aromatic rings. The Hall–Kier alpha value is -1.69. The summed E-state index contributed by atoms with van der Waals surface area (Å²) in [6, 6.07) is 9.09. The Balaban J connectivity index is 2.59. The van der Waals surface area contributed by atoms with Crippen LogP contribution in [0.5, 0.6) is 0 Å². The number of sulfone groups is 1. The number of hydrogen-bond acceptors (Lipinski definition) is 4. The Morgan fingerprint density at radius 3 is 2.46 bits per heavy atom. The molecule has 1 aliphatic rings. The highest BCUT2D eigenvalue weighted by molar-refractivity contribution is 7.93. The van der Waals surface area contributed by atoms with Gasteiger partial charge in [-0.3, -0.25) is 0 Å². The lowest BCUT2D eigenvalue weighted by molar-refractivity contribution is 0.523. The van der Waals surface area contributed by atoms with Crippen LogP contribution < -0.4 is 11.5 Å². The Bertz CT molecular complexity index is 777. The van der Waals surface area contributed by atoms with E-state index in [-0.39, 0.29) is 0 Å². The maximum Gasteiger partial charge on any atom is 0.176 e. The van der Waals surface area contributed by atoms with Crippen LogP contribution in [0.4, 0.5) is 0 Å². The first-order valence-electron chi connectivity index (χ1n) is 8.19. The first kappa shape index (κ1) is 18.6. The number of hydrogen-bond donors (Lipinski definition) is 2. The van der Waals surface area contributed by atoms with Crippen LogP contribution in [0.2, 0.25) is 0 Å². The van der Waals surface area contributed by atoms with Gasteiger partial charge >= 0.3 is 0 Å². The molecule has 24 heavy (non-hydrogen) atoms. The predicted molar refractivity (Wildman–Crippen MR) is 101 cm³/mol. The molecule has 1 aliphatic carbocycles. The molecule has 0 saturated carbocycles. The second-order valence-electron chi connectivity index (χ2n) is 6.32. The van der Waals surface area contributed by atoms with Gasteiger partial charge in [-0.25, -0.2) is 8.42 Å². The molecule has 0 bridgehead atoms. The summed E-state index contributed by atoms with van der Waals surface area (Å²) in [5.74, 6) is 0. The summed E-state index contributed by atoms with van der Waals surface area (Å²) < 4.78 is 25.6. The van der Waals surface area contributed by atoms with Gasteiger partial charge in [-0.1, -0.05) is 55.5 Å². The first-order chi connectivity index (χ1) is 11.2. The lowest BCUT2D eigenvalue weighted by Crippen LogP contribution is -2.61. The van der Waals surface area contributed by atoms with E-state index in [0.717, 1.165) is 23.1 Å². The summed E-state index contributed by atoms with van der Waals surface area (Å²) in [6.07, 6.45) is 8.06. The quantitative estimate of drug-likeness (QED) is 0.858. The number of allylic oxidation sites excluding steroid dienone is 4. The highest BCUT2D eigenvalue weighted by Gasteiger charge is 2.46. The van der Waals surface area contributed by atoms with E-state index in [2.05, 4.69) is 6.08 Å². The van der Waals surface area contributed by atoms with Crippen molar-refractivity contribution in [1.29, 1.82) is 0 Å². The van der Waals surface area contributed by atoms with Crippen LogP contribution in [0.3, 0.4) is 0 Å². The standard InChI is InChI=1S/C19H26N2O2S/c1-4-8-17(15-9-6-5-7-10-15)16-11-12-18(20)19(21,13-16)24(22,23)14(2)3/h5-14,18H,4,20-21H2,1-3H3. The van der Waals surface area contributed by atoms with Crippen LogP contribution in [-0.4, -0.2) is 24.6 Å². The summed E-state index contributed by atoms with van der Waals surface area (Å²) >= 11 is 0. The van der Waals surface area contributed by atoms with Gasteiger partial charge in [0.05, 0.1) is 11.3 Å². The molecule has 0 amide bonds. The smallest absolute Gasteiger partial charge is 0.176 e. The van der Waals surface area contributed by atoms with E-state index in [0.29, 0.717) is 0 Å². The zero-order chi connectivity index (χ0) is 18.0. The minimum absolute atomic E-state index is 0.604. The van der Waals surface area contributed by atoms with Crippen molar-refractivity contribution in [2.75, 3.05) is 0 Å². The van der Waals surface area contributed by atoms with E-state index in [1.165, 1.54) is 0 Å². The molecule has 4 N–H and O–H groups in total. The van der Waals surface area contributed by atoms with E-state index in [1.54, 1.807) is 26.0 Å². The van der Waals surface area contributed by atoms with Crippen LogP contribution >= 0.6 is 0 Å². The average molecular weight is 346 g/mol. The third kappa shape index (κ3) is 3.24. The molecule has 0 fully saturated rings. The summed E-state index contributed by atoms with van der Waals surface area (Å²) in [5.41, 5.74) is 15.2. The molecule has 0 spiro atoms. The molecule has 0 aromatic heterocycles. The summed E-state index contributed by atoms with van der Waals surface area (Å²) in [5, 5.41) is -0.604. The Kier molecular flexibility index (Phi) is 5.48. The van der Waals surface area contributed by atoms with Crippen molar-refractivity contribution in [2.24, 2.45) is 11.5 Å². The van der Waals surface area contributed by atoms with Crippen molar-refractivity contribution in [3.05, 3.63) is 65.8 Å². The van der Waals surface area contributed by atoms with E-state index < -0.39 is 26.0 Å². The van der Waals surface area contributed by atoms with Gasteiger partial charge in [-0.15, -0.1) is 0 Å². The van der Waals surface area contributed by atoms with Gasteiger partial charge in [0.2, 0.25) is 0 Å². The Morgan fingerprint density at radius 1 is 1.29 bits per heavy atom. The van der Waals surface area contributed by atoms with Gasteiger partial charge in [0.1, 0.15) is 0 Å². The molecule has 0 radical (unpaired) electrons. The van der Waals surface area contributed by atoms with Crippen LogP contribution in [0.15, 0.2) is 60.2 Å². The summed E-state index contributed by atoms with van der Waals surface area (Å²) in [7, 11) is -3.61. The van der Waals surface area contributed by atoms with Crippen molar-refractivity contribution in [3.8, 4) is 0 Å². The lowest BCUT2D eigenvalue weighted by Gasteiger charge is -2.35. The van der Waals surface area contributed by atoms with Crippen LogP contribution in [0, 0.1) is 0 Å². The van der Waals surface area contributed by atoms with Crippen molar-refractivity contribution in [1.82, 2.24) is 0 Å². The van der Waals surface area contributed by atoms with E-state index in [1.807, 2.05) is 43.3 Å². The zero-order valence-electron chi connectivity index (χ0n) is 14.4. The van der Waals surface area contributed by atoms with Gasteiger partial charge < -0.3 is 11.5 Å². The molecule has 2 rings (SSSR count). The fourth-order valence-electron chi connectivity index (χ4n) is 2.82. The molecule has 5 heteroatoms. The fourth-order valence-corrected chi connectivity index (χ4v) is 4.38. The van der Waals surface area contributed by atoms with E-state index in [9.17, 15) is 8.42 Å². The normalized spacial score (nSPS) is 25.0. The molecule has 2 atom stereocenters. The van der Waals surface area contributed by atoms with Crippen molar-refractivity contribution in [2.45, 2.75) is 43.4 Å². The molecular formula is C19H26N2O2S. The average Bonchev–Trinajstić information content (AvgIpc) is 2.56. The number of nitrogens with two attached hydrogens (primary N) is 2. The topological polar surface area (TPSA) is 86.2 Å². The minimum atomic E-state index is -3.61. The second-order valence-corrected chi connectivity index (χ2v) is 9.06. The van der Waals surface area contributed by atoms with Crippen molar-refractivity contribution < 1.29 is 8.42 Å². The summed E-state index contributed by atoms with van der Waals surface area (Å²) in [4.78, 5) is -1.60. The van der Waals surface area contributed by atoms with Crippen molar-refractivity contribution >= 4 is 15.4 Å². The predicted octanol–water partition coefficient (Wildman–Crippen LogP) is 2.78. The van der Waals surface area contributed by atoms with Gasteiger partial charge in [-0.05, 0) is 43.1 Å². The van der Waals surface area contributed by atoms with Crippen LogP contribution in [0.25, 0.3) is 5.57 Å². The largest absolute Gasteiger partial charge is 0.322 e. The molecule has 4 nitrogen and oxygen atoms in total. The molecule has 0 heterocycles. The molecule has 0 aliphatic heterocycles. The Morgan fingerprint density at radius 2 is 1.92 bits per heavy atom. The number of benzene rings is 1. The molecule has 1 aromatic carbocycles. The SMILES string of the molecule is CCC=C(C1=CC(N)(S(=O)(=O)C(C)C)C(N)C=C1)c1ccccc1. The zero-order valence-corrected chi connectivity index (χ0v) is 15.3. The minimum Gasteiger partial charge on any atom is -0.322 e. The van der Waals surface area contributed by atoms with Gasteiger partial charge in [0.25, 0.3) is 0 Å². The maximum absolute atomic E-state index is 12.8. The molecule has 130 valence electrons. The van der Waals surface area contributed by atoms with Crippen LogP contribution in [-0.2, 0) is 9.84 Å². The van der Waals surface area contributed by atoms with Gasteiger partial charge in [0.15, 0.2) is 14.7 Å². The second kappa shape index (κ2) is 7.05. The molecule has 2 unspecified atom stereocenters. The van der Waals surface area contributed by atoms with Crippen LogP contribution in [0.1, 0.15) is 32.8 Å². The first-order valence-corrected chi connectivity index (χ1v) is 9.73. The molecular weight excluding hydrogens is 320 g/mol. The monoisotopic (exact) mass is 346 g/mol. The van der Waals surface area contributed by atoms with Gasteiger partial charge in [0, 0.05) is 0 Å².